The number of hydrogen-bond donors (Lipinski definition) is 0. The molecule has 7 heteroatoms. The van der Waals surface area contributed by atoms with Crippen molar-refractivity contribution in [2.24, 2.45) is 0 Å². The summed E-state index contributed by atoms with van der Waals surface area (Å²) in [5, 5.41) is 0. The van der Waals surface area contributed by atoms with Gasteiger partial charge in [-0.15, -0.1) is 0 Å². The average Bonchev–Trinajstić information content (AvgIpc) is 2.50. The van der Waals surface area contributed by atoms with Crippen LogP contribution in [0, 0.1) is 0 Å². The van der Waals surface area contributed by atoms with Crippen LogP contribution in [-0.2, 0) is 21.2 Å². The zero-order valence-electron chi connectivity index (χ0n) is 11.9. The van der Waals surface area contributed by atoms with E-state index in [2.05, 4.69) is 4.98 Å². The molecule has 1 aliphatic heterocycles. The summed E-state index contributed by atoms with van der Waals surface area (Å²) in [6.45, 7) is 0.288. The summed E-state index contributed by atoms with van der Waals surface area (Å²) in [5.74, 6) is 0.860. The fraction of sp³-hybridized carbons (Fsp3) is 0.200. The number of sulfone groups is 1. The smallest absolute Gasteiger partial charge is 0.266 e. The number of carbonyl (C=O) groups is 1. The molecule has 0 radical (unpaired) electrons. The first-order valence-electron chi connectivity index (χ1n) is 6.62. The van der Waals surface area contributed by atoms with Crippen LogP contribution in [0.2, 0.25) is 0 Å². The number of nitrogens with zero attached hydrogens (tertiary/aromatic N) is 2. The number of hydrogen-bond acceptors (Lipinski definition) is 5. The number of aromatic nitrogens is 1. The van der Waals surface area contributed by atoms with Crippen molar-refractivity contribution in [1.82, 2.24) is 4.98 Å². The summed E-state index contributed by atoms with van der Waals surface area (Å²) >= 11 is 0. The average molecular weight is 318 g/mol. The van der Waals surface area contributed by atoms with E-state index in [-0.39, 0.29) is 17.4 Å². The van der Waals surface area contributed by atoms with Gasteiger partial charge < -0.3 is 4.74 Å². The second-order valence-corrected chi connectivity index (χ2v) is 7.03. The van der Waals surface area contributed by atoms with E-state index in [4.69, 9.17) is 4.74 Å². The van der Waals surface area contributed by atoms with Crippen molar-refractivity contribution in [1.29, 1.82) is 0 Å². The van der Waals surface area contributed by atoms with E-state index in [1.54, 1.807) is 30.5 Å². The molecule has 0 spiro atoms. The molecule has 0 N–H and O–H groups in total. The van der Waals surface area contributed by atoms with Crippen LogP contribution in [0.5, 0.6) is 5.75 Å². The molecular weight excluding hydrogens is 304 g/mol. The Morgan fingerprint density at radius 1 is 1.23 bits per heavy atom. The predicted molar refractivity (Wildman–Crippen MR) is 80.5 cm³/mol. The Hall–Kier alpha value is -2.41. The lowest BCUT2D eigenvalue weighted by Crippen LogP contribution is -2.38. The van der Waals surface area contributed by atoms with Gasteiger partial charge in [0.15, 0.2) is 28.0 Å². The van der Waals surface area contributed by atoms with Crippen LogP contribution in [-0.4, -0.2) is 32.2 Å². The third kappa shape index (κ3) is 2.80. The molecule has 3 rings (SSSR count). The molecule has 1 aromatic heterocycles. The molecule has 6 nitrogen and oxygen atoms in total. The summed E-state index contributed by atoms with van der Waals surface area (Å²) in [7, 11) is -3.22. The Balaban J connectivity index is 1.88. The highest BCUT2D eigenvalue weighted by molar-refractivity contribution is 7.90. The van der Waals surface area contributed by atoms with Gasteiger partial charge >= 0.3 is 0 Å². The standard InChI is InChI=1S/C15H14N2O4S/c1-22(19,20)12-6-4-11(5-7-12)9-17-14(18)10-21-13-3-2-8-16-15(13)17/h2-8H,9-10H2,1H3. The monoisotopic (exact) mass is 318 g/mol. The fourth-order valence-corrected chi connectivity index (χ4v) is 2.85. The number of rotatable bonds is 3. The summed E-state index contributed by atoms with van der Waals surface area (Å²) in [6.07, 6.45) is 2.76. The van der Waals surface area contributed by atoms with Gasteiger partial charge in [0.2, 0.25) is 0 Å². The van der Waals surface area contributed by atoms with Gasteiger partial charge in [-0.25, -0.2) is 13.4 Å². The van der Waals surface area contributed by atoms with Gasteiger partial charge in [0.25, 0.3) is 5.91 Å². The van der Waals surface area contributed by atoms with E-state index in [0.717, 1.165) is 11.8 Å². The molecule has 2 heterocycles. The van der Waals surface area contributed by atoms with Crippen molar-refractivity contribution in [3.05, 3.63) is 48.2 Å². The van der Waals surface area contributed by atoms with Crippen LogP contribution in [0.15, 0.2) is 47.5 Å². The lowest BCUT2D eigenvalue weighted by molar-refractivity contribution is -0.121. The quantitative estimate of drug-likeness (QED) is 0.855. The van der Waals surface area contributed by atoms with E-state index in [1.807, 2.05) is 0 Å². The molecule has 0 aliphatic carbocycles. The minimum absolute atomic E-state index is 0.0277. The van der Waals surface area contributed by atoms with Crippen molar-refractivity contribution >= 4 is 21.6 Å². The molecule has 0 saturated carbocycles. The first-order valence-corrected chi connectivity index (χ1v) is 8.51. The Labute approximate surface area is 128 Å². The summed E-state index contributed by atoms with van der Waals surface area (Å²) in [5.41, 5.74) is 0.819. The zero-order chi connectivity index (χ0) is 15.7. The predicted octanol–water partition coefficient (Wildman–Crippen LogP) is 1.41. The number of amides is 1. The molecule has 0 bridgehead atoms. The molecule has 1 aromatic carbocycles. The van der Waals surface area contributed by atoms with E-state index >= 15 is 0 Å². The minimum atomic E-state index is -3.22. The largest absolute Gasteiger partial charge is 0.480 e. The summed E-state index contributed by atoms with van der Waals surface area (Å²) in [6, 6.07) is 9.97. The van der Waals surface area contributed by atoms with E-state index in [9.17, 15) is 13.2 Å². The first-order chi connectivity index (χ1) is 10.4. The Morgan fingerprint density at radius 3 is 2.64 bits per heavy atom. The Bertz CT molecular complexity index is 816. The maximum Gasteiger partial charge on any atom is 0.266 e. The van der Waals surface area contributed by atoms with Gasteiger partial charge in [-0.05, 0) is 29.8 Å². The number of carbonyl (C=O) groups excluding carboxylic acids is 1. The molecular formula is C15H14N2O4S. The molecule has 0 fully saturated rings. The Morgan fingerprint density at radius 2 is 1.95 bits per heavy atom. The van der Waals surface area contributed by atoms with Crippen molar-refractivity contribution in [2.75, 3.05) is 17.8 Å². The third-order valence-electron chi connectivity index (χ3n) is 3.35. The molecule has 1 aliphatic rings. The number of pyridine rings is 1. The topological polar surface area (TPSA) is 76.6 Å². The molecule has 1 amide bonds. The number of ether oxygens (including phenoxy) is 1. The molecule has 2 aromatic rings. The van der Waals surface area contributed by atoms with Gasteiger partial charge in [-0.3, -0.25) is 9.69 Å². The van der Waals surface area contributed by atoms with Crippen molar-refractivity contribution in [2.45, 2.75) is 11.4 Å². The van der Waals surface area contributed by atoms with Crippen molar-refractivity contribution in [3.8, 4) is 5.75 Å². The van der Waals surface area contributed by atoms with Crippen LogP contribution < -0.4 is 9.64 Å². The maximum atomic E-state index is 12.1. The van der Waals surface area contributed by atoms with Crippen LogP contribution in [0.3, 0.4) is 0 Å². The van der Waals surface area contributed by atoms with E-state index in [1.165, 1.54) is 17.0 Å². The molecule has 0 unspecified atom stereocenters. The van der Waals surface area contributed by atoms with E-state index in [0.29, 0.717) is 18.1 Å². The fourth-order valence-electron chi connectivity index (χ4n) is 2.22. The van der Waals surface area contributed by atoms with Gasteiger partial charge in [0.1, 0.15) is 0 Å². The van der Waals surface area contributed by atoms with Gasteiger partial charge in [0.05, 0.1) is 11.4 Å². The van der Waals surface area contributed by atoms with Crippen LogP contribution in [0.1, 0.15) is 5.56 Å². The highest BCUT2D eigenvalue weighted by Gasteiger charge is 2.26. The molecule has 0 atom stereocenters. The lowest BCUT2D eigenvalue weighted by Gasteiger charge is -2.28. The van der Waals surface area contributed by atoms with Crippen molar-refractivity contribution < 1.29 is 17.9 Å². The highest BCUT2D eigenvalue weighted by atomic mass is 32.2. The van der Waals surface area contributed by atoms with Crippen LogP contribution >= 0.6 is 0 Å². The Kier molecular flexibility index (Phi) is 3.58. The van der Waals surface area contributed by atoms with E-state index < -0.39 is 9.84 Å². The maximum absolute atomic E-state index is 12.1. The molecule has 114 valence electrons. The molecule has 0 saturated heterocycles. The normalized spacial score (nSPS) is 14.4. The van der Waals surface area contributed by atoms with Gasteiger partial charge in [-0.1, -0.05) is 12.1 Å². The number of anilines is 1. The van der Waals surface area contributed by atoms with Gasteiger partial charge in [-0.2, -0.15) is 0 Å². The number of benzene rings is 1. The lowest BCUT2D eigenvalue weighted by atomic mass is 10.2. The zero-order valence-corrected chi connectivity index (χ0v) is 12.7. The molecule has 22 heavy (non-hydrogen) atoms. The van der Waals surface area contributed by atoms with Gasteiger partial charge in [0, 0.05) is 12.5 Å². The SMILES string of the molecule is CS(=O)(=O)c1ccc(CN2C(=O)COc3cccnc32)cc1. The van der Waals surface area contributed by atoms with Crippen LogP contribution in [0.25, 0.3) is 0 Å². The number of fused-ring (bicyclic) bond motifs is 1. The summed E-state index contributed by atoms with van der Waals surface area (Å²) in [4.78, 5) is 18.0. The van der Waals surface area contributed by atoms with Crippen LogP contribution in [0.4, 0.5) is 5.82 Å². The highest BCUT2D eigenvalue weighted by Crippen LogP contribution is 2.30. The second-order valence-electron chi connectivity index (χ2n) is 5.01. The third-order valence-corrected chi connectivity index (χ3v) is 4.48. The summed E-state index contributed by atoms with van der Waals surface area (Å²) < 4.78 is 28.3. The second kappa shape index (κ2) is 5.42. The minimum Gasteiger partial charge on any atom is -0.480 e. The van der Waals surface area contributed by atoms with Crippen molar-refractivity contribution in [3.63, 3.8) is 0 Å². The first kappa shape index (κ1) is 14.5.